The number of carbonyl (C=O) groups excluding carboxylic acids is 1. The summed E-state index contributed by atoms with van der Waals surface area (Å²) in [7, 11) is 0. The van der Waals surface area contributed by atoms with Crippen molar-refractivity contribution in [1.82, 2.24) is 0 Å². The zero-order chi connectivity index (χ0) is 14.0. The highest BCUT2D eigenvalue weighted by Gasteiger charge is 2.11. The van der Waals surface area contributed by atoms with E-state index in [1.807, 2.05) is 38.1 Å². The minimum atomic E-state index is -0.152. The number of halogens is 2. The first-order valence-corrected chi connectivity index (χ1v) is 6.98. The Morgan fingerprint density at radius 2 is 1.79 bits per heavy atom. The fraction of sp³-hybridized carbons (Fsp3) is 0.133. The molecule has 0 saturated carbocycles. The molecule has 0 aromatic heterocycles. The molecule has 0 saturated heterocycles. The van der Waals surface area contributed by atoms with Gasteiger partial charge in [0, 0.05) is 20.7 Å². The predicted molar refractivity (Wildman–Crippen MR) is 83.0 cm³/mol. The second kappa shape index (κ2) is 5.76. The average Bonchev–Trinajstić information content (AvgIpc) is 2.36. The van der Waals surface area contributed by atoms with Crippen LogP contribution in [-0.2, 0) is 0 Å². The number of hydrogen-bond acceptors (Lipinski definition) is 1. The topological polar surface area (TPSA) is 29.1 Å². The lowest BCUT2D eigenvalue weighted by Crippen LogP contribution is -2.14. The fourth-order valence-corrected chi connectivity index (χ4v) is 2.29. The number of benzene rings is 2. The predicted octanol–water partition coefficient (Wildman–Crippen LogP) is 4.97. The first-order valence-electron chi connectivity index (χ1n) is 5.81. The van der Waals surface area contributed by atoms with E-state index in [1.165, 1.54) is 0 Å². The molecule has 2 rings (SSSR count). The Morgan fingerprint density at radius 3 is 2.53 bits per heavy atom. The summed E-state index contributed by atoms with van der Waals surface area (Å²) in [6.07, 6.45) is 0. The first-order chi connectivity index (χ1) is 8.97. The summed E-state index contributed by atoms with van der Waals surface area (Å²) < 4.78 is 0.927. The van der Waals surface area contributed by atoms with E-state index in [0.717, 1.165) is 21.3 Å². The van der Waals surface area contributed by atoms with E-state index in [0.29, 0.717) is 10.6 Å². The van der Waals surface area contributed by atoms with Crippen LogP contribution in [0.1, 0.15) is 21.5 Å². The molecule has 4 heteroatoms. The second-order valence-electron chi connectivity index (χ2n) is 4.37. The monoisotopic (exact) mass is 337 g/mol. The Hall–Kier alpha value is -1.32. The van der Waals surface area contributed by atoms with E-state index in [4.69, 9.17) is 11.6 Å². The number of hydrogen-bond donors (Lipinski definition) is 1. The third-order valence-electron chi connectivity index (χ3n) is 2.89. The van der Waals surface area contributed by atoms with Crippen LogP contribution in [0.2, 0.25) is 5.02 Å². The number of carbonyl (C=O) groups is 1. The van der Waals surface area contributed by atoms with Gasteiger partial charge in [-0.05, 0) is 49.2 Å². The number of nitrogens with one attached hydrogen (secondary N) is 1. The maximum Gasteiger partial charge on any atom is 0.255 e. The molecule has 0 aliphatic carbocycles. The van der Waals surface area contributed by atoms with Gasteiger partial charge < -0.3 is 5.32 Å². The third-order valence-corrected chi connectivity index (χ3v) is 3.62. The molecular formula is C15H13BrClNO. The van der Waals surface area contributed by atoms with Crippen molar-refractivity contribution in [2.45, 2.75) is 13.8 Å². The molecule has 0 unspecified atom stereocenters. The van der Waals surface area contributed by atoms with Crippen LogP contribution in [0.3, 0.4) is 0 Å². The maximum absolute atomic E-state index is 12.3. The largest absolute Gasteiger partial charge is 0.322 e. The molecule has 19 heavy (non-hydrogen) atoms. The summed E-state index contributed by atoms with van der Waals surface area (Å²) in [6, 6.07) is 11.1. The molecule has 1 amide bonds. The summed E-state index contributed by atoms with van der Waals surface area (Å²) in [5.74, 6) is -0.152. The standard InChI is InChI=1S/C15H13BrClNO/c1-9-4-6-12(17)8-13(9)15(19)18-14-7-11(16)5-3-10(14)2/h3-8H,1-2H3,(H,18,19). The maximum atomic E-state index is 12.3. The Balaban J connectivity index is 2.30. The van der Waals surface area contributed by atoms with Gasteiger partial charge in [-0.15, -0.1) is 0 Å². The van der Waals surface area contributed by atoms with Crippen molar-refractivity contribution in [3.63, 3.8) is 0 Å². The van der Waals surface area contributed by atoms with Crippen molar-refractivity contribution in [3.05, 3.63) is 62.6 Å². The summed E-state index contributed by atoms with van der Waals surface area (Å²) in [4.78, 5) is 12.3. The van der Waals surface area contributed by atoms with Crippen molar-refractivity contribution < 1.29 is 4.79 Å². The number of rotatable bonds is 2. The molecule has 0 spiro atoms. The van der Waals surface area contributed by atoms with Gasteiger partial charge in [-0.2, -0.15) is 0 Å². The van der Waals surface area contributed by atoms with Gasteiger partial charge in [-0.3, -0.25) is 4.79 Å². The summed E-state index contributed by atoms with van der Waals surface area (Å²) in [5, 5.41) is 3.46. The van der Waals surface area contributed by atoms with E-state index >= 15 is 0 Å². The summed E-state index contributed by atoms with van der Waals surface area (Å²) in [5.41, 5.74) is 3.29. The third kappa shape index (κ3) is 3.37. The lowest BCUT2D eigenvalue weighted by Gasteiger charge is -2.10. The molecule has 0 aliphatic rings. The van der Waals surface area contributed by atoms with Crippen LogP contribution in [0.5, 0.6) is 0 Å². The fourth-order valence-electron chi connectivity index (χ4n) is 1.76. The van der Waals surface area contributed by atoms with E-state index in [2.05, 4.69) is 21.2 Å². The van der Waals surface area contributed by atoms with Crippen molar-refractivity contribution in [2.75, 3.05) is 5.32 Å². The molecule has 2 aromatic rings. The Kier molecular flexibility index (Phi) is 4.27. The van der Waals surface area contributed by atoms with Gasteiger partial charge in [0.25, 0.3) is 5.91 Å². The molecule has 1 N–H and O–H groups in total. The minimum Gasteiger partial charge on any atom is -0.322 e. The van der Waals surface area contributed by atoms with Crippen molar-refractivity contribution >= 4 is 39.1 Å². The normalized spacial score (nSPS) is 10.3. The Bertz CT molecular complexity index is 640. The van der Waals surface area contributed by atoms with Crippen LogP contribution in [0.4, 0.5) is 5.69 Å². The van der Waals surface area contributed by atoms with Crippen LogP contribution in [-0.4, -0.2) is 5.91 Å². The zero-order valence-electron chi connectivity index (χ0n) is 10.6. The molecular weight excluding hydrogens is 326 g/mol. The molecule has 0 bridgehead atoms. The number of anilines is 1. The summed E-state index contributed by atoms with van der Waals surface area (Å²) in [6.45, 7) is 3.84. The quantitative estimate of drug-likeness (QED) is 0.823. The van der Waals surface area contributed by atoms with Gasteiger partial charge in [0.1, 0.15) is 0 Å². The molecule has 0 atom stereocenters. The SMILES string of the molecule is Cc1ccc(Br)cc1NC(=O)c1cc(Cl)ccc1C. The molecule has 0 radical (unpaired) electrons. The van der Waals surface area contributed by atoms with Gasteiger partial charge in [0.05, 0.1) is 0 Å². The van der Waals surface area contributed by atoms with Gasteiger partial charge >= 0.3 is 0 Å². The van der Waals surface area contributed by atoms with Crippen molar-refractivity contribution in [2.24, 2.45) is 0 Å². The molecule has 2 aromatic carbocycles. The van der Waals surface area contributed by atoms with Gasteiger partial charge in [-0.1, -0.05) is 39.7 Å². The zero-order valence-corrected chi connectivity index (χ0v) is 13.0. The minimum absolute atomic E-state index is 0.152. The van der Waals surface area contributed by atoms with Gasteiger partial charge in [-0.25, -0.2) is 0 Å². The smallest absolute Gasteiger partial charge is 0.255 e. The first kappa shape index (κ1) is 14.1. The van der Waals surface area contributed by atoms with Gasteiger partial charge in [0.2, 0.25) is 0 Å². The van der Waals surface area contributed by atoms with E-state index in [9.17, 15) is 4.79 Å². The highest BCUT2D eigenvalue weighted by atomic mass is 79.9. The summed E-state index contributed by atoms with van der Waals surface area (Å²) >= 11 is 9.33. The van der Waals surface area contributed by atoms with Crippen LogP contribution in [0.25, 0.3) is 0 Å². The average molecular weight is 339 g/mol. The van der Waals surface area contributed by atoms with Gasteiger partial charge in [0.15, 0.2) is 0 Å². The number of amides is 1. The number of aryl methyl sites for hydroxylation is 2. The Morgan fingerprint density at radius 1 is 1.11 bits per heavy atom. The van der Waals surface area contributed by atoms with Crippen LogP contribution >= 0.6 is 27.5 Å². The van der Waals surface area contributed by atoms with E-state index < -0.39 is 0 Å². The Labute approximate surface area is 125 Å². The van der Waals surface area contributed by atoms with E-state index in [1.54, 1.807) is 12.1 Å². The molecule has 98 valence electrons. The molecule has 0 aliphatic heterocycles. The van der Waals surface area contributed by atoms with Crippen LogP contribution < -0.4 is 5.32 Å². The van der Waals surface area contributed by atoms with Crippen molar-refractivity contribution in [1.29, 1.82) is 0 Å². The van der Waals surface area contributed by atoms with Crippen LogP contribution in [0.15, 0.2) is 40.9 Å². The molecule has 0 fully saturated rings. The highest BCUT2D eigenvalue weighted by Crippen LogP contribution is 2.22. The second-order valence-corrected chi connectivity index (χ2v) is 5.72. The molecule has 0 heterocycles. The lowest BCUT2D eigenvalue weighted by atomic mass is 10.1. The molecule has 2 nitrogen and oxygen atoms in total. The van der Waals surface area contributed by atoms with Crippen molar-refractivity contribution in [3.8, 4) is 0 Å². The van der Waals surface area contributed by atoms with Crippen LogP contribution in [0, 0.1) is 13.8 Å². The lowest BCUT2D eigenvalue weighted by molar-refractivity contribution is 0.102. The highest BCUT2D eigenvalue weighted by molar-refractivity contribution is 9.10. The van der Waals surface area contributed by atoms with E-state index in [-0.39, 0.29) is 5.91 Å².